The van der Waals surface area contributed by atoms with Crippen molar-refractivity contribution in [2.24, 2.45) is 10.2 Å². The molecule has 7 heteroatoms. The van der Waals surface area contributed by atoms with E-state index in [1.165, 1.54) is 18.2 Å². The normalized spacial score (nSPS) is 11.4. The Labute approximate surface area is 151 Å². The second-order valence-corrected chi connectivity index (χ2v) is 6.98. The molecule has 0 aliphatic carbocycles. The molecule has 6 nitrogen and oxygen atoms in total. The number of azo groups is 1. The molecule has 3 rings (SSSR count). The van der Waals surface area contributed by atoms with Crippen molar-refractivity contribution in [3.8, 4) is 0 Å². The average Bonchev–Trinajstić information content (AvgIpc) is 2.68. The monoisotopic (exact) mass is 365 g/mol. The Morgan fingerprint density at radius 2 is 1.31 bits per heavy atom. The molecule has 3 aromatic carbocycles. The fraction of sp³-hybridized carbons (Fsp3) is 0. The summed E-state index contributed by atoms with van der Waals surface area (Å²) in [5.74, 6) is -0.767. The highest BCUT2D eigenvalue weighted by Crippen LogP contribution is 2.22. The fourth-order valence-corrected chi connectivity index (χ4v) is 3.18. The van der Waals surface area contributed by atoms with Gasteiger partial charge < -0.3 is 0 Å². The molecule has 1 amide bonds. The number of sulfonamides is 1. The van der Waals surface area contributed by atoms with Crippen molar-refractivity contribution in [3.63, 3.8) is 0 Å². The number of benzene rings is 3. The van der Waals surface area contributed by atoms with Crippen molar-refractivity contribution in [2.45, 2.75) is 4.90 Å². The lowest BCUT2D eigenvalue weighted by Crippen LogP contribution is -2.30. The van der Waals surface area contributed by atoms with Crippen LogP contribution in [0.1, 0.15) is 10.4 Å². The van der Waals surface area contributed by atoms with Gasteiger partial charge in [-0.2, -0.15) is 5.11 Å². The number of carbonyl (C=O) groups excluding carboxylic acids is 1. The van der Waals surface area contributed by atoms with E-state index in [4.69, 9.17) is 0 Å². The lowest BCUT2D eigenvalue weighted by atomic mass is 10.2. The summed E-state index contributed by atoms with van der Waals surface area (Å²) in [6.45, 7) is 0. The van der Waals surface area contributed by atoms with Crippen LogP contribution in [0.25, 0.3) is 0 Å². The van der Waals surface area contributed by atoms with Gasteiger partial charge >= 0.3 is 0 Å². The molecule has 0 radical (unpaired) electrons. The van der Waals surface area contributed by atoms with Crippen LogP contribution in [0.15, 0.2) is 100 Å². The van der Waals surface area contributed by atoms with Gasteiger partial charge in [0, 0.05) is 0 Å². The molecule has 1 N–H and O–H groups in total. The Morgan fingerprint density at radius 3 is 2.00 bits per heavy atom. The van der Waals surface area contributed by atoms with E-state index < -0.39 is 15.9 Å². The van der Waals surface area contributed by atoms with E-state index in [1.807, 2.05) is 18.2 Å². The molecular formula is C19H15N3O3S. The van der Waals surface area contributed by atoms with E-state index in [1.54, 1.807) is 48.5 Å². The molecule has 0 aliphatic heterocycles. The summed E-state index contributed by atoms with van der Waals surface area (Å²) in [4.78, 5) is 12.5. The molecule has 0 bridgehead atoms. The molecule has 0 aromatic heterocycles. The molecule has 0 aliphatic rings. The molecule has 0 fully saturated rings. The van der Waals surface area contributed by atoms with E-state index in [0.717, 1.165) is 0 Å². The van der Waals surface area contributed by atoms with Crippen LogP contribution in [-0.2, 0) is 10.0 Å². The summed E-state index contributed by atoms with van der Waals surface area (Å²) in [6, 6.07) is 23.1. The minimum atomic E-state index is -3.96. The van der Waals surface area contributed by atoms with Crippen molar-refractivity contribution in [2.75, 3.05) is 0 Å². The Kier molecular flexibility index (Phi) is 5.19. The third-order valence-electron chi connectivity index (χ3n) is 3.46. The topological polar surface area (TPSA) is 88.0 Å². The maximum absolute atomic E-state index is 12.5. The number of hydrogen-bond acceptors (Lipinski definition) is 5. The fourth-order valence-electron chi connectivity index (χ4n) is 2.19. The molecular weight excluding hydrogens is 350 g/mol. The molecule has 26 heavy (non-hydrogen) atoms. The van der Waals surface area contributed by atoms with Gasteiger partial charge in [-0.3, -0.25) is 4.79 Å². The van der Waals surface area contributed by atoms with Gasteiger partial charge in [-0.25, -0.2) is 13.1 Å². The molecule has 0 heterocycles. The van der Waals surface area contributed by atoms with Crippen LogP contribution in [0.4, 0.5) is 11.4 Å². The quantitative estimate of drug-likeness (QED) is 0.687. The van der Waals surface area contributed by atoms with Crippen LogP contribution < -0.4 is 4.72 Å². The van der Waals surface area contributed by atoms with Crippen LogP contribution >= 0.6 is 0 Å². The summed E-state index contributed by atoms with van der Waals surface area (Å²) < 4.78 is 26.7. The van der Waals surface area contributed by atoms with Gasteiger partial charge in [0.1, 0.15) is 0 Å². The Bertz CT molecular complexity index is 1030. The SMILES string of the molecule is O=C(NS(=O)(=O)c1ccccc1)c1ccccc1N=Nc1ccccc1. The van der Waals surface area contributed by atoms with Crippen molar-refractivity contribution >= 4 is 27.3 Å². The average molecular weight is 365 g/mol. The van der Waals surface area contributed by atoms with Crippen LogP contribution in [0.2, 0.25) is 0 Å². The van der Waals surface area contributed by atoms with Crippen LogP contribution in [0, 0.1) is 0 Å². The second kappa shape index (κ2) is 7.71. The summed E-state index contributed by atoms with van der Waals surface area (Å²) in [6.07, 6.45) is 0. The standard InChI is InChI=1S/C19H15N3O3S/c23-19(22-26(24,25)16-11-5-2-6-12-16)17-13-7-8-14-18(17)21-20-15-9-3-1-4-10-15/h1-14H,(H,22,23). The van der Waals surface area contributed by atoms with Crippen molar-refractivity contribution in [1.29, 1.82) is 0 Å². The van der Waals surface area contributed by atoms with E-state index >= 15 is 0 Å². The van der Waals surface area contributed by atoms with Gasteiger partial charge in [0.05, 0.1) is 21.8 Å². The van der Waals surface area contributed by atoms with Gasteiger partial charge in [0.15, 0.2) is 0 Å². The van der Waals surface area contributed by atoms with Gasteiger partial charge in [0.25, 0.3) is 15.9 Å². The first-order chi connectivity index (χ1) is 12.6. The first-order valence-corrected chi connectivity index (χ1v) is 9.22. The van der Waals surface area contributed by atoms with Crippen molar-refractivity contribution in [1.82, 2.24) is 4.72 Å². The molecule has 0 saturated carbocycles. The lowest BCUT2D eigenvalue weighted by Gasteiger charge is -2.08. The van der Waals surface area contributed by atoms with Crippen molar-refractivity contribution < 1.29 is 13.2 Å². The van der Waals surface area contributed by atoms with Crippen LogP contribution in [-0.4, -0.2) is 14.3 Å². The zero-order chi connectivity index (χ0) is 18.4. The molecule has 0 unspecified atom stereocenters. The molecule has 0 saturated heterocycles. The maximum atomic E-state index is 12.5. The minimum Gasteiger partial charge on any atom is -0.268 e. The third-order valence-corrected chi connectivity index (χ3v) is 4.81. The van der Waals surface area contributed by atoms with Crippen LogP contribution in [0.5, 0.6) is 0 Å². The van der Waals surface area contributed by atoms with Gasteiger partial charge in [0.2, 0.25) is 0 Å². The molecule has 0 spiro atoms. The number of nitrogens with zero attached hydrogens (tertiary/aromatic N) is 2. The first-order valence-electron chi connectivity index (χ1n) is 7.74. The number of rotatable bonds is 5. The predicted molar refractivity (Wildman–Crippen MR) is 98.2 cm³/mol. The smallest absolute Gasteiger partial charge is 0.267 e. The van der Waals surface area contributed by atoms with E-state index in [0.29, 0.717) is 5.69 Å². The Morgan fingerprint density at radius 1 is 0.731 bits per heavy atom. The zero-order valence-electron chi connectivity index (χ0n) is 13.6. The van der Waals surface area contributed by atoms with E-state index in [9.17, 15) is 13.2 Å². The van der Waals surface area contributed by atoms with Gasteiger partial charge in [-0.1, -0.05) is 48.5 Å². The van der Waals surface area contributed by atoms with E-state index in [-0.39, 0.29) is 16.1 Å². The second-order valence-electron chi connectivity index (χ2n) is 5.30. The largest absolute Gasteiger partial charge is 0.268 e. The molecule has 0 atom stereocenters. The highest BCUT2D eigenvalue weighted by molar-refractivity contribution is 7.90. The summed E-state index contributed by atoms with van der Waals surface area (Å²) in [5.41, 5.74) is 1.02. The first kappa shape index (κ1) is 17.5. The van der Waals surface area contributed by atoms with Gasteiger partial charge in [-0.05, 0) is 36.4 Å². The highest BCUT2D eigenvalue weighted by Gasteiger charge is 2.20. The number of hydrogen-bond donors (Lipinski definition) is 1. The number of amides is 1. The molecule has 3 aromatic rings. The lowest BCUT2D eigenvalue weighted by molar-refractivity contribution is 0.0982. The minimum absolute atomic E-state index is 0.0109. The van der Waals surface area contributed by atoms with Crippen LogP contribution in [0.3, 0.4) is 0 Å². The Hall–Kier alpha value is -3.32. The summed E-state index contributed by atoms with van der Waals surface area (Å²) in [5, 5.41) is 8.14. The third kappa shape index (κ3) is 4.20. The van der Waals surface area contributed by atoms with Crippen molar-refractivity contribution in [3.05, 3.63) is 90.5 Å². The predicted octanol–water partition coefficient (Wildman–Crippen LogP) is 4.22. The molecule has 130 valence electrons. The highest BCUT2D eigenvalue weighted by atomic mass is 32.2. The number of nitrogens with one attached hydrogen (secondary N) is 1. The summed E-state index contributed by atoms with van der Waals surface area (Å²) >= 11 is 0. The van der Waals surface area contributed by atoms with Gasteiger partial charge in [-0.15, -0.1) is 5.11 Å². The summed E-state index contributed by atoms with van der Waals surface area (Å²) in [7, 11) is -3.96. The Balaban J connectivity index is 1.86. The zero-order valence-corrected chi connectivity index (χ0v) is 14.4. The maximum Gasteiger partial charge on any atom is 0.267 e. The number of carbonyl (C=O) groups is 1. The van der Waals surface area contributed by atoms with E-state index in [2.05, 4.69) is 15.0 Å².